The number of hydrogen-bond donors (Lipinski definition) is 0. The zero-order valence-electron chi connectivity index (χ0n) is 7.90. The van der Waals surface area contributed by atoms with E-state index in [1.807, 2.05) is 31.3 Å². The van der Waals surface area contributed by atoms with Gasteiger partial charge in [-0.25, -0.2) is 9.97 Å². The summed E-state index contributed by atoms with van der Waals surface area (Å²) in [6.07, 6.45) is 3.58. The molecule has 0 aliphatic carbocycles. The molecule has 1 rings (SSSR count). The molecule has 0 spiro atoms. The van der Waals surface area contributed by atoms with Crippen molar-refractivity contribution in [3.05, 3.63) is 28.9 Å². The van der Waals surface area contributed by atoms with Crippen molar-refractivity contribution in [1.82, 2.24) is 14.9 Å². The highest BCUT2D eigenvalue weighted by molar-refractivity contribution is 6.28. The monoisotopic (exact) mass is 208 g/mol. The Morgan fingerprint density at radius 3 is 2.79 bits per heavy atom. The van der Waals surface area contributed by atoms with Gasteiger partial charge in [0.25, 0.3) is 0 Å². The van der Waals surface area contributed by atoms with Gasteiger partial charge in [-0.1, -0.05) is 0 Å². The average molecular weight is 209 g/mol. The van der Waals surface area contributed by atoms with Gasteiger partial charge in [-0.2, -0.15) is 5.26 Å². The molecule has 0 aliphatic rings. The van der Waals surface area contributed by atoms with Gasteiger partial charge in [0.15, 0.2) is 0 Å². The average Bonchev–Trinajstić information content (AvgIpc) is 2.14. The van der Waals surface area contributed by atoms with Crippen LogP contribution in [-0.2, 0) is 0 Å². The first-order chi connectivity index (χ1) is 6.61. The van der Waals surface area contributed by atoms with E-state index < -0.39 is 0 Å². The van der Waals surface area contributed by atoms with Crippen LogP contribution in [0.1, 0.15) is 11.4 Å². The molecule has 1 heterocycles. The number of aromatic nitrogens is 2. The van der Waals surface area contributed by atoms with Crippen molar-refractivity contribution in [3.8, 4) is 6.07 Å². The van der Waals surface area contributed by atoms with E-state index in [2.05, 4.69) is 9.97 Å². The van der Waals surface area contributed by atoms with E-state index >= 15 is 0 Å². The van der Waals surface area contributed by atoms with Crippen molar-refractivity contribution in [3.63, 3.8) is 0 Å². The molecule has 0 atom stereocenters. The molecule has 0 fully saturated rings. The number of rotatable bonds is 2. The molecule has 0 saturated carbocycles. The first kappa shape index (κ1) is 10.5. The molecule has 0 aromatic carbocycles. The van der Waals surface area contributed by atoms with Gasteiger partial charge in [-0.3, -0.25) is 0 Å². The Bertz CT molecular complexity index is 392. The molecule has 1 aromatic rings. The van der Waals surface area contributed by atoms with E-state index in [0.29, 0.717) is 5.69 Å². The van der Waals surface area contributed by atoms with Gasteiger partial charge in [0, 0.05) is 26.4 Å². The minimum atomic E-state index is 0.0856. The zero-order chi connectivity index (χ0) is 10.6. The first-order valence-electron chi connectivity index (χ1n) is 3.91. The number of hydrogen-bond acceptors (Lipinski definition) is 4. The molecule has 0 bridgehead atoms. The Balaban J connectivity index is 2.99. The molecular formula is C9H9ClN4. The fourth-order valence-corrected chi connectivity index (χ4v) is 0.992. The van der Waals surface area contributed by atoms with Crippen LogP contribution in [0.25, 0.3) is 6.08 Å². The molecule has 1 aromatic heterocycles. The van der Waals surface area contributed by atoms with Crippen LogP contribution in [0.5, 0.6) is 0 Å². The summed E-state index contributed by atoms with van der Waals surface area (Å²) < 4.78 is 0. The lowest BCUT2D eigenvalue weighted by Crippen LogP contribution is -2.00. The maximum atomic E-state index is 8.63. The van der Waals surface area contributed by atoms with Crippen molar-refractivity contribution in [2.24, 2.45) is 0 Å². The van der Waals surface area contributed by atoms with Crippen molar-refractivity contribution >= 4 is 17.7 Å². The van der Waals surface area contributed by atoms with E-state index in [1.54, 1.807) is 12.1 Å². The van der Waals surface area contributed by atoms with Crippen molar-refractivity contribution in [1.29, 1.82) is 5.26 Å². The van der Waals surface area contributed by atoms with Crippen LogP contribution >= 0.6 is 11.6 Å². The molecule has 14 heavy (non-hydrogen) atoms. The van der Waals surface area contributed by atoms with Crippen LogP contribution in [0, 0.1) is 11.3 Å². The number of nitriles is 1. The maximum Gasteiger partial charge on any atom is 0.224 e. The Morgan fingerprint density at radius 2 is 2.21 bits per heavy atom. The van der Waals surface area contributed by atoms with Gasteiger partial charge in [0.05, 0.1) is 5.69 Å². The summed E-state index contributed by atoms with van der Waals surface area (Å²) in [5.41, 5.74) is 0.888. The standard InChI is InChI=1S/C9H9ClN4/c1-14(2)4-3-7-5-8(6-11)13-9(10)12-7/h3-5H,1-2H3/b4-3+. The summed E-state index contributed by atoms with van der Waals surface area (Å²) in [4.78, 5) is 9.53. The molecule has 72 valence electrons. The second-order valence-corrected chi connectivity index (χ2v) is 3.18. The fraction of sp³-hybridized carbons (Fsp3) is 0.222. The smallest absolute Gasteiger partial charge is 0.224 e. The highest BCUT2D eigenvalue weighted by Crippen LogP contribution is 2.06. The predicted octanol–water partition coefficient (Wildman–Crippen LogP) is 1.53. The number of nitrogens with zero attached hydrogens (tertiary/aromatic N) is 4. The van der Waals surface area contributed by atoms with Crippen molar-refractivity contribution < 1.29 is 0 Å². The van der Waals surface area contributed by atoms with E-state index in [1.165, 1.54) is 0 Å². The van der Waals surface area contributed by atoms with Gasteiger partial charge in [0.2, 0.25) is 5.28 Å². The minimum absolute atomic E-state index is 0.0856. The van der Waals surface area contributed by atoms with Crippen LogP contribution in [-0.4, -0.2) is 29.0 Å². The molecule has 0 saturated heterocycles. The third-order valence-electron chi connectivity index (χ3n) is 1.38. The molecule has 0 amide bonds. The lowest BCUT2D eigenvalue weighted by molar-refractivity contribution is 0.567. The van der Waals surface area contributed by atoms with Gasteiger partial charge >= 0.3 is 0 Å². The summed E-state index contributed by atoms with van der Waals surface area (Å²) in [6, 6.07) is 3.49. The first-order valence-corrected chi connectivity index (χ1v) is 4.29. The Labute approximate surface area is 87.5 Å². The van der Waals surface area contributed by atoms with Crippen LogP contribution in [0.4, 0.5) is 0 Å². The van der Waals surface area contributed by atoms with Crippen LogP contribution in [0.2, 0.25) is 5.28 Å². The third-order valence-corrected chi connectivity index (χ3v) is 1.55. The molecule has 5 heteroatoms. The van der Waals surface area contributed by atoms with Gasteiger partial charge < -0.3 is 4.90 Å². The Morgan fingerprint density at radius 1 is 1.50 bits per heavy atom. The summed E-state index contributed by atoms with van der Waals surface area (Å²) in [5.74, 6) is 0. The quantitative estimate of drug-likeness (QED) is 0.692. The topological polar surface area (TPSA) is 52.8 Å². The summed E-state index contributed by atoms with van der Waals surface area (Å²) in [6.45, 7) is 0. The zero-order valence-corrected chi connectivity index (χ0v) is 8.65. The Kier molecular flexibility index (Phi) is 3.43. The second kappa shape index (κ2) is 4.58. The third kappa shape index (κ3) is 3.04. The van der Waals surface area contributed by atoms with Gasteiger partial charge in [0.1, 0.15) is 11.8 Å². The summed E-state index contributed by atoms with van der Waals surface area (Å²) in [5, 5.41) is 8.72. The lowest BCUT2D eigenvalue weighted by atomic mass is 10.3. The molecule has 0 radical (unpaired) electrons. The lowest BCUT2D eigenvalue weighted by Gasteiger charge is -2.02. The maximum absolute atomic E-state index is 8.63. The fourth-order valence-electron chi connectivity index (χ4n) is 0.804. The summed E-state index contributed by atoms with van der Waals surface area (Å²) in [7, 11) is 3.79. The SMILES string of the molecule is CN(C)/C=C/c1cc(C#N)nc(Cl)n1. The van der Waals surface area contributed by atoms with E-state index in [-0.39, 0.29) is 11.0 Å². The molecule has 0 N–H and O–H groups in total. The molecule has 0 aliphatic heterocycles. The van der Waals surface area contributed by atoms with E-state index in [4.69, 9.17) is 16.9 Å². The van der Waals surface area contributed by atoms with E-state index in [9.17, 15) is 0 Å². The van der Waals surface area contributed by atoms with Gasteiger partial charge in [-0.05, 0) is 17.7 Å². The normalized spacial score (nSPS) is 10.1. The minimum Gasteiger partial charge on any atom is -0.383 e. The van der Waals surface area contributed by atoms with Crippen LogP contribution in [0.15, 0.2) is 12.3 Å². The predicted molar refractivity (Wildman–Crippen MR) is 54.5 cm³/mol. The Hall–Kier alpha value is -1.60. The highest BCUT2D eigenvalue weighted by Gasteiger charge is 1.99. The summed E-state index contributed by atoms with van der Waals surface area (Å²) >= 11 is 5.62. The molecular weight excluding hydrogens is 200 g/mol. The largest absolute Gasteiger partial charge is 0.383 e. The van der Waals surface area contributed by atoms with E-state index in [0.717, 1.165) is 0 Å². The molecule has 4 nitrogen and oxygen atoms in total. The van der Waals surface area contributed by atoms with Crippen LogP contribution < -0.4 is 0 Å². The number of halogens is 1. The second-order valence-electron chi connectivity index (χ2n) is 2.84. The highest BCUT2D eigenvalue weighted by atomic mass is 35.5. The van der Waals surface area contributed by atoms with Gasteiger partial charge in [-0.15, -0.1) is 0 Å². The van der Waals surface area contributed by atoms with Crippen molar-refractivity contribution in [2.75, 3.05) is 14.1 Å². The molecule has 0 unspecified atom stereocenters. The van der Waals surface area contributed by atoms with Crippen molar-refractivity contribution in [2.45, 2.75) is 0 Å². The van der Waals surface area contributed by atoms with Crippen LogP contribution in [0.3, 0.4) is 0 Å².